The number of pyridine rings is 1. The smallest absolute Gasteiger partial charge is 0.352 e. The van der Waals surface area contributed by atoms with Crippen molar-refractivity contribution in [3.05, 3.63) is 65.6 Å². The number of carbonyl (C=O) groups is 2. The summed E-state index contributed by atoms with van der Waals surface area (Å²) in [5.41, 5.74) is 0.415. The fourth-order valence-corrected chi connectivity index (χ4v) is 1.78. The molecule has 2 rings (SSSR count). The van der Waals surface area contributed by atoms with E-state index in [2.05, 4.69) is 10.3 Å². The Morgan fingerprint density at radius 2 is 1.91 bits per heavy atom. The third-order valence-corrected chi connectivity index (χ3v) is 2.81. The Balaban J connectivity index is 2.29. The third-order valence-electron chi connectivity index (χ3n) is 2.81. The molecular weight excluding hydrogens is 284 g/mol. The van der Waals surface area contributed by atoms with E-state index < -0.39 is 11.9 Å². The number of carboxylic acid groups (broad SMARTS) is 1. The topological polar surface area (TPSA) is 88.5 Å². The van der Waals surface area contributed by atoms with Gasteiger partial charge in [0.15, 0.2) is 0 Å². The lowest BCUT2D eigenvalue weighted by Crippen LogP contribution is -2.27. The molecule has 0 saturated heterocycles. The Morgan fingerprint density at radius 1 is 1.18 bits per heavy atom. The van der Waals surface area contributed by atoms with Crippen LogP contribution in [0.1, 0.15) is 16.1 Å². The highest BCUT2D eigenvalue weighted by Crippen LogP contribution is 2.20. The highest BCUT2D eigenvalue weighted by atomic mass is 16.5. The number of amides is 1. The summed E-state index contributed by atoms with van der Waals surface area (Å²) in [6.45, 7) is 0. The Bertz CT molecular complexity index is 711. The number of aromatic nitrogens is 1. The van der Waals surface area contributed by atoms with Crippen molar-refractivity contribution in [1.29, 1.82) is 0 Å². The van der Waals surface area contributed by atoms with Gasteiger partial charge in [0, 0.05) is 11.8 Å². The minimum Gasteiger partial charge on any atom is -0.496 e. The van der Waals surface area contributed by atoms with Gasteiger partial charge in [-0.15, -0.1) is 0 Å². The van der Waals surface area contributed by atoms with Crippen LogP contribution in [0.4, 0.5) is 0 Å². The molecule has 6 heteroatoms. The molecule has 1 aromatic carbocycles. The molecule has 2 N–H and O–H groups in total. The number of rotatable bonds is 5. The monoisotopic (exact) mass is 298 g/mol. The van der Waals surface area contributed by atoms with Crippen molar-refractivity contribution < 1.29 is 19.4 Å². The van der Waals surface area contributed by atoms with Crippen LogP contribution in [0.25, 0.3) is 6.08 Å². The Labute approximate surface area is 127 Å². The second-order valence-electron chi connectivity index (χ2n) is 4.27. The van der Waals surface area contributed by atoms with Crippen molar-refractivity contribution in [3.63, 3.8) is 0 Å². The normalized spacial score (nSPS) is 10.9. The molecule has 0 aliphatic rings. The number of hydrogen-bond acceptors (Lipinski definition) is 4. The van der Waals surface area contributed by atoms with Crippen LogP contribution in [0.2, 0.25) is 0 Å². The number of carboxylic acids is 1. The molecule has 0 fully saturated rings. The number of para-hydroxylation sites is 1. The van der Waals surface area contributed by atoms with E-state index in [9.17, 15) is 14.7 Å². The van der Waals surface area contributed by atoms with E-state index in [4.69, 9.17) is 4.74 Å². The maximum Gasteiger partial charge on any atom is 0.352 e. The quantitative estimate of drug-likeness (QED) is 0.824. The maximum atomic E-state index is 12.0. The van der Waals surface area contributed by atoms with Crippen molar-refractivity contribution in [3.8, 4) is 5.75 Å². The van der Waals surface area contributed by atoms with E-state index in [1.807, 2.05) is 0 Å². The standard InChI is InChI=1S/C16H14N2O4/c1-22-14-8-3-2-6-11(14)10-13(16(20)21)18-15(19)12-7-4-5-9-17-12/h2-10H,1H3,(H,18,19)(H,20,21)/b13-10-. The van der Waals surface area contributed by atoms with Gasteiger partial charge >= 0.3 is 5.97 Å². The SMILES string of the molecule is COc1ccccc1/C=C(\NC(=O)c1ccccn1)C(=O)O. The van der Waals surface area contributed by atoms with E-state index in [0.717, 1.165) is 0 Å². The number of ether oxygens (including phenoxy) is 1. The summed E-state index contributed by atoms with van der Waals surface area (Å²) in [5, 5.41) is 11.6. The van der Waals surface area contributed by atoms with Crippen molar-refractivity contribution in [2.24, 2.45) is 0 Å². The first kappa shape index (κ1) is 15.2. The van der Waals surface area contributed by atoms with E-state index in [-0.39, 0.29) is 11.4 Å². The number of benzene rings is 1. The molecule has 1 heterocycles. The first-order valence-electron chi connectivity index (χ1n) is 6.42. The van der Waals surface area contributed by atoms with Gasteiger partial charge < -0.3 is 15.2 Å². The molecule has 1 aromatic heterocycles. The van der Waals surface area contributed by atoms with Crippen LogP contribution >= 0.6 is 0 Å². The first-order valence-corrected chi connectivity index (χ1v) is 6.42. The third kappa shape index (κ3) is 3.69. The molecule has 2 aromatic rings. The Morgan fingerprint density at radius 3 is 2.55 bits per heavy atom. The van der Waals surface area contributed by atoms with E-state index >= 15 is 0 Å². The molecule has 0 atom stereocenters. The van der Waals surface area contributed by atoms with Crippen LogP contribution in [-0.4, -0.2) is 29.1 Å². The number of carbonyl (C=O) groups excluding carboxylic acids is 1. The van der Waals surface area contributed by atoms with Gasteiger partial charge in [0.05, 0.1) is 7.11 Å². The average Bonchev–Trinajstić information content (AvgIpc) is 2.55. The van der Waals surface area contributed by atoms with Gasteiger partial charge in [-0.1, -0.05) is 24.3 Å². The fourth-order valence-electron chi connectivity index (χ4n) is 1.78. The van der Waals surface area contributed by atoms with Crippen molar-refractivity contribution in [2.45, 2.75) is 0 Å². The minimum absolute atomic E-state index is 0.134. The molecule has 6 nitrogen and oxygen atoms in total. The lowest BCUT2D eigenvalue weighted by molar-refractivity contribution is -0.132. The van der Waals surface area contributed by atoms with Gasteiger partial charge in [-0.3, -0.25) is 9.78 Å². The molecule has 0 spiro atoms. The van der Waals surface area contributed by atoms with E-state index in [1.54, 1.807) is 36.4 Å². The summed E-state index contributed by atoms with van der Waals surface area (Å²) < 4.78 is 5.15. The lowest BCUT2D eigenvalue weighted by atomic mass is 10.1. The molecule has 0 unspecified atom stereocenters. The van der Waals surface area contributed by atoms with Crippen LogP contribution in [0.15, 0.2) is 54.4 Å². The Hall–Kier alpha value is -3.15. The van der Waals surface area contributed by atoms with Crippen LogP contribution in [0.3, 0.4) is 0 Å². The summed E-state index contributed by atoms with van der Waals surface area (Å²) >= 11 is 0. The van der Waals surface area contributed by atoms with E-state index in [0.29, 0.717) is 11.3 Å². The second-order valence-corrected chi connectivity index (χ2v) is 4.27. The summed E-state index contributed by atoms with van der Waals surface area (Å²) in [7, 11) is 1.49. The fraction of sp³-hybridized carbons (Fsp3) is 0.0625. The first-order chi connectivity index (χ1) is 10.6. The highest BCUT2D eigenvalue weighted by Gasteiger charge is 2.14. The zero-order valence-corrected chi connectivity index (χ0v) is 11.8. The number of aliphatic carboxylic acids is 1. The van der Waals surface area contributed by atoms with Crippen LogP contribution in [0.5, 0.6) is 5.75 Å². The van der Waals surface area contributed by atoms with Crippen LogP contribution in [0, 0.1) is 0 Å². The Kier molecular flexibility index (Phi) is 4.87. The highest BCUT2D eigenvalue weighted by molar-refractivity contribution is 6.02. The zero-order valence-electron chi connectivity index (χ0n) is 11.8. The van der Waals surface area contributed by atoms with Gasteiger partial charge in [-0.05, 0) is 24.3 Å². The largest absolute Gasteiger partial charge is 0.496 e. The number of hydrogen-bond donors (Lipinski definition) is 2. The molecule has 0 aliphatic heterocycles. The molecule has 22 heavy (non-hydrogen) atoms. The van der Waals surface area contributed by atoms with E-state index in [1.165, 1.54) is 25.4 Å². The number of nitrogens with zero attached hydrogens (tertiary/aromatic N) is 1. The van der Waals surface area contributed by atoms with Gasteiger partial charge in [-0.2, -0.15) is 0 Å². The molecule has 0 bridgehead atoms. The second kappa shape index (κ2) is 7.03. The maximum absolute atomic E-state index is 12.0. The van der Waals surface area contributed by atoms with Gasteiger partial charge in [0.2, 0.25) is 0 Å². The zero-order chi connectivity index (χ0) is 15.9. The predicted molar refractivity (Wildman–Crippen MR) is 80.3 cm³/mol. The van der Waals surface area contributed by atoms with Crippen molar-refractivity contribution in [2.75, 3.05) is 7.11 Å². The summed E-state index contributed by atoms with van der Waals surface area (Å²) in [6, 6.07) is 11.7. The molecular formula is C16H14N2O4. The van der Waals surface area contributed by atoms with Crippen LogP contribution < -0.4 is 10.1 Å². The molecule has 1 amide bonds. The van der Waals surface area contributed by atoms with Gasteiger partial charge in [-0.25, -0.2) is 4.79 Å². The molecule has 112 valence electrons. The van der Waals surface area contributed by atoms with Crippen LogP contribution in [-0.2, 0) is 4.79 Å². The average molecular weight is 298 g/mol. The van der Waals surface area contributed by atoms with Crippen molar-refractivity contribution >= 4 is 18.0 Å². The van der Waals surface area contributed by atoms with Crippen molar-refractivity contribution in [1.82, 2.24) is 10.3 Å². The minimum atomic E-state index is -1.25. The number of methoxy groups -OCH3 is 1. The molecule has 0 radical (unpaired) electrons. The lowest BCUT2D eigenvalue weighted by Gasteiger charge is -2.08. The molecule has 0 aliphatic carbocycles. The van der Waals surface area contributed by atoms with Gasteiger partial charge in [0.1, 0.15) is 17.1 Å². The molecule has 0 saturated carbocycles. The number of nitrogens with one attached hydrogen (secondary N) is 1. The summed E-state index contributed by atoms with van der Waals surface area (Å²) in [4.78, 5) is 27.2. The summed E-state index contributed by atoms with van der Waals surface area (Å²) in [6.07, 6.45) is 2.79. The summed E-state index contributed by atoms with van der Waals surface area (Å²) in [5.74, 6) is -1.34. The predicted octanol–water partition coefficient (Wildman–Crippen LogP) is 1.95. The van der Waals surface area contributed by atoms with Gasteiger partial charge in [0.25, 0.3) is 5.91 Å².